The second-order valence-corrected chi connectivity index (χ2v) is 48.4. The van der Waals surface area contributed by atoms with E-state index in [0.29, 0.717) is 75.9 Å². The van der Waals surface area contributed by atoms with Crippen LogP contribution in [0.1, 0.15) is 59.1 Å². The minimum absolute atomic E-state index is 0.193. The highest BCUT2D eigenvalue weighted by Crippen LogP contribution is 2.69. The highest BCUT2D eigenvalue weighted by atomic mass is 28.5. The third-order valence-corrected chi connectivity index (χ3v) is 32.2. The highest BCUT2D eigenvalue weighted by Gasteiger charge is 2.59. The Kier molecular flexibility index (Phi) is 16.1. The number of nitrogens with zero attached hydrogens (tertiary/aromatic N) is 2. The molecule has 2 saturated heterocycles. The maximum atomic E-state index is 14.9. The molecule has 0 amide bonds. The Labute approximate surface area is 489 Å². The van der Waals surface area contributed by atoms with E-state index in [1.807, 2.05) is 12.1 Å². The molecule has 3 heterocycles. The zero-order valence-electron chi connectivity index (χ0n) is 50.3. The van der Waals surface area contributed by atoms with Crippen LogP contribution in [-0.4, -0.2) is 115 Å². The number of hydrogen-bond donors (Lipinski definition) is 0. The molecule has 5 aromatic rings. The van der Waals surface area contributed by atoms with Crippen LogP contribution in [0.4, 0.5) is 24.5 Å². The van der Waals surface area contributed by atoms with E-state index < -0.39 is 64.8 Å². The van der Waals surface area contributed by atoms with Gasteiger partial charge in [0.1, 0.15) is 23.9 Å². The quantitative estimate of drug-likeness (QED) is 0.0585. The predicted molar refractivity (Wildman–Crippen MR) is 334 cm³/mol. The fraction of sp³-hybridized carbons (Fsp3) is 0.524. The Balaban J connectivity index is 0.957. The molecule has 1 spiro atoms. The second kappa shape index (κ2) is 22.2. The van der Waals surface area contributed by atoms with E-state index in [-0.39, 0.29) is 5.92 Å². The van der Waals surface area contributed by atoms with E-state index in [4.69, 9.17) is 40.5 Å². The van der Waals surface area contributed by atoms with Gasteiger partial charge < -0.3 is 50.3 Å². The summed E-state index contributed by atoms with van der Waals surface area (Å²) in [6.45, 7) is 30.8. The molecule has 2 saturated carbocycles. The first kappa shape index (κ1) is 59.5. The van der Waals surface area contributed by atoms with Crippen LogP contribution in [0.25, 0.3) is 28.0 Å². The molecule has 2 bridgehead atoms. The van der Waals surface area contributed by atoms with Crippen LogP contribution in [0.5, 0.6) is 17.2 Å². The number of rotatable bonds is 19. The molecule has 6 aliphatic rings. The summed E-state index contributed by atoms with van der Waals surface area (Å²) in [7, 11) is -9.59. The number of anilines is 2. The number of hydrogen-bond acceptors (Lipinski definition) is 11. The number of methoxy groups -OCH3 is 1. The number of ether oxygens (including phenoxy) is 5. The molecule has 11 nitrogen and oxygen atoms in total. The number of morpholine rings is 2. The van der Waals surface area contributed by atoms with Gasteiger partial charge in [0.25, 0.3) is 0 Å². The van der Waals surface area contributed by atoms with Crippen molar-refractivity contribution in [3.8, 4) is 28.4 Å². The molecular formula is C63H85F3N2O9Si5. The Hall–Kier alpha value is -4.27. The Morgan fingerprint density at radius 1 is 0.671 bits per heavy atom. The molecule has 3 aliphatic carbocycles. The number of alkyl halides is 3. The minimum atomic E-state index is -4.49. The number of halogens is 3. The molecule has 3 aliphatic heterocycles. The number of fused-ring (bicyclic) bond motifs is 13. The molecule has 442 valence electrons. The maximum absolute atomic E-state index is 14.9. The lowest BCUT2D eigenvalue weighted by molar-refractivity contribution is -0.137. The molecular weight excluding hydrogens is 1130 g/mol. The zero-order chi connectivity index (χ0) is 58.3. The van der Waals surface area contributed by atoms with Crippen LogP contribution in [0, 0.1) is 11.8 Å². The predicted octanol–water partition coefficient (Wildman–Crippen LogP) is 15.1. The summed E-state index contributed by atoms with van der Waals surface area (Å²) in [5.74, 6) is 2.73. The molecule has 0 aromatic heterocycles. The molecule has 5 aromatic carbocycles. The van der Waals surface area contributed by atoms with Gasteiger partial charge in [-0.1, -0.05) is 42.8 Å². The second-order valence-electron chi connectivity index (χ2n) is 27.1. The lowest BCUT2D eigenvalue weighted by atomic mass is 9.65. The van der Waals surface area contributed by atoms with Crippen LogP contribution in [0.15, 0.2) is 84.9 Å². The Morgan fingerprint density at radius 3 is 1.84 bits per heavy atom. The van der Waals surface area contributed by atoms with Crippen LogP contribution in [0.2, 0.25) is 84.1 Å². The van der Waals surface area contributed by atoms with Gasteiger partial charge in [0.15, 0.2) is 38.9 Å². The van der Waals surface area contributed by atoms with E-state index in [1.54, 1.807) is 13.2 Å². The monoisotopic (exact) mass is 1210 g/mol. The first-order valence-corrected chi connectivity index (χ1v) is 45.0. The summed E-state index contributed by atoms with van der Waals surface area (Å²) < 4.78 is 105. The van der Waals surface area contributed by atoms with Crippen molar-refractivity contribution in [2.45, 2.75) is 127 Å². The zero-order valence-corrected chi connectivity index (χ0v) is 55.3. The van der Waals surface area contributed by atoms with Crippen molar-refractivity contribution in [2.75, 3.05) is 82.7 Å². The first-order valence-electron chi connectivity index (χ1n) is 29.8. The molecule has 0 N–H and O–H groups in total. The van der Waals surface area contributed by atoms with Crippen molar-refractivity contribution in [2.24, 2.45) is 11.8 Å². The van der Waals surface area contributed by atoms with E-state index >= 15 is 0 Å². The topological polar surface area (TPSA) is 89.6 Å². The van der Waals surface area contributed by atoms with E-state index in [0.717, 1.165) is 112 Å². The highest BCUT2D eigenvalue weighted by molar-refractivity contribution is 6.90. The van der Waals surface area contributed by atoms with Crippen LogP contribution >= 0.6 is 0 Å². The maximum Gasteiger partial charge on any atom is 0.469 e. The minimum Gasteiger partial charge on any atom is -0.495 e. The smallest absolute Gasteiger partial charge is 0.469 e. The fourth-order valence-electron chi connectivity index (χ4n) is 14.2. The molecule has 11 rings (SSSR count). The van der Waals surface area contributed by atoms with Crippen molar-refractivity contribution in [3.05, 3.63) is 118 Å². The summed E-state index contributed by atoms with van der Waals surface area (Å²) >= 11 is 0. The van der Waals surface area contributed by atoms with Gasteiger partial charge in [-0.25, -0.2) is 0 Å². The Morgan fingerprint density at radius 2 is 1.28 bits per heavy atom. The molecule has 82 heavy (non-hydrogen) atoms. The van der Waals surface area contributed by atoms with Gasteiger partial charge in [0, 0.05) is 65.4 Å². The fourth-order valence-corrected chi connectivity index (χ4v) is 32.6. The van der Waals surface area contributed by atoms with Crippen LogP contribution in [-0.2, 0) is 43.4 Å². The van der Waals surface area contributed by atoms with Crippen molar-refractivity contribution >= 4 is 70.3 Å². The SMILES string of the molecule is COc1cc2c3c(c4c(c2cc1N1CCOCC1)-c1ccc(C(F)(F)F)cc1C41CC2CCC1C2)C=CC(c1ccc(OCCO[Si](C)(C)CC[Si](O[Si](C)(C)C)(O[Si](C)(C)C)O[Si](C)(C)C)cc1)(c1ccc(N2CCOCC2)cc1)O3. The van der Waals surface area contributed by atoms with Gasteiger partial charge >= 0.3 is 15.0 Å². The molecule has 19 heteroatoms. The van der Waals surface area contributed by atoms with Crippen LogP contribution < -0.4 is 24.0 Å². The summed E-state index contributed by atoms with van der Waals surface area (Å²) in [6.07, 6.45) is 3.77. The van der Waals surface area contributed by atoms with Crippen molar-refractivity contribution in [1.82, 2.24) is 0 Å². The van der Waals surface area contributed by atoms with Gasteiger partial charge in [-0.3, -0.25) is 0 Å². The summed E-state index contributed by atoms with van der Waals surface area (Å²) in [6, 6.07) is 27.3. The lowest BCUT2D eigenvalue weighted by Gasteiger charge is -2.43. The van der Waals surface area contributed by atoms with Crippen molar-refractivity contribution in [1.29, 1.82) is 0 Å². The average Bonchev–Trinajstić information content (AvgIpc) is 1.81. The summed E-state index contributed by atoms with van der Waals surface area (Å²) in [5, 5.41) is 1.80. The van der Waals surface area contributed by atoms with Crippen LogP contribution in [0.3, 0.4) is 0 Å². The van der Waals surface area contributed by atoms with Crippen molar-refractivity contribution in [3.63, 3.8) is 0 Å². The summed E-state index contributed by atoms with van der Waals surface area (Å²) in [4.78, 5) is 4.65. The van der Waals surface area contributed by atoms with Gasteiger partial charge in [0.05, 0.1) is 51.4 Å². The lowest BCUT2D eigenvalue weighted by Crippen LogP contribution is -2.61. The van der Waals surface area contributed by atoms with Gasteiger partial charge in [0.2, 0.25) is 0 Å². The molecule has 4 fully saturated rings. The molecule has 4 atom stereocenters. The Bertz CT molecular complexity index is 3150. The van der Waals surface area contributed by atoms with Gasteiger partial charge in [-0.05, 0) is 191 Å². The normalized spacial score (nSPS) is 22.9. The molecule has 4 unspecified atom stereocenters. The van der Waals surface area contributed by atoms with Gasteiger partial charge in [-0.15, -0.1) is 0 Å². The summed E-state index contributed by atoms with van der Waals surface area (Å²) in [5.41, 5.74) is 6.25. The largest absolute Gasteiger partial charge is 0.495 e. The van der Waals surface area contributed by atoms with E-state index in [1.165, 1.54) is 12.1 Å². The van der Waals surface area contributed by atoms with Gasteiger partial charge in [-0.2, -0.15) is 13.2 Å². The van der Waals surface area contributed by atoms with Crippen molar-refractivity contribution < 1.29 is 53.6 Å². The van der Waals surface area contributed by atoms with E-state index in [9.17, 15) is 13.2 Å². The van der Waals surface area contributed by atoms with E-state index in [2.05, 4.69) is 142 Å². The first-order chi connectivity index (χ1) is 38.7. The number of benzene rings is 5. The average molecular weight is 1210 g/mol. The standard InChI is InChI=1S/C63H85F3N2O9Si5/c1-69-57-42-54-53(41-56(57)68-29-33-71-34-30-68)58-51-24-19-48(63(64,65)66)40-55(51)61(43-44-13-14-47(61)39-44)59(58)52-25-26-62(74-60(52)54,45-15-20-49(21-16-45)67-27-31-70-32-28-67)46-17-22-50(23-18-46)72-35-36-73-81(11,12)37-38-82(75-78(2,3)4,76-79(5,6)7)77-80(8,9)10/h15-26,40-42,44,47H,13-14,27-39,43H2,1-12H3. The third-order valence-electron chi connectivity index (χ3n) is 17.3. The molecule has 0 radical (unpaired) electrons. The third kappa shape index (κ3) is 11.9.